The van der Waals surface area contributed by atoms with Gasteiger partial charge in [0.15, 0.2) is 0 Å². The van der Waals surface area contributed by atoms with Crippen molar-refractivity contribution in [3.63, 3.8) is 0 Å². The lowest BCUT2D eigenvalue weighted by atomic mass is 9.73. The van der Waals surface area contributed by atoms with Gasteiger partial charge in [-0.1, -0.05) is 26.0 Å². The molecule has 1 aliphatic heterocycles. The molecule has 5 nitrogen and oxygen atoms in total. The quantitative estimate of drug-likeness (QED) is 0.271. The molecule has 0 bridgehead atoms. The second-order valence-electron chi connectivity index (χ2n) is 8.58. The highest BCUT2D eigenvalue weighted by Crippen LogP contribution is 2.42. The Labute approximate surface area is 209 Å². The minimum Gasteiger partial charge on any atom is -0.492 e. The summed E-state index contributed by atoms with van der Waals surface area (Å²) < 4.78 is 7.09. The van der Waals surface area contributed by atoms with Crippen LogP contribution in [0.5, 0.6) is 5.75 Å². The summed E-state index contributed by atoms with van der Waals surface area (Å²) in [5, 5.41) is 10.7. The lowest BCUT2D eigenvalue weighted by molar-refractivity contribution is 0.114. The third kappa shape index (κ3) is 6.45. The molecule has 0 N–H and O–H groups in total. The Morgan fingerprint density at radius 3 is 2.50 bits per heavy atom. The predicted molar refractivity (Wildman–Crippen MR) is 139 cm³/mol. The topological polar surface area (TPSA) is 43.9 Å². The third-order valence-electron chi connectivity index (χ3n) is 6.31. The summed E-state index contributed by atoms with van der Waals surface area (Å²) in [4.78, 5) is 9.56. The van der Waals surface area contributed by atoms with E-state index in [1.54, 1.807) is 0 Å². The number of rotatable bonds is 10. The molecule has 32 heavy (non-hydrogen) atoms. The highest BCUT2D eigenvalue weighted by Gasteiger charge is 2.37. The molecule has 0 amide bonds. The van der Waals surface area contributed by atoms with Crippen LogP contribution in [-0.4, -0.2) is 55.7 Å². The van der Waals surface area contributed by atoms with Crippen LogP contribution in [-0.2, 0) is 5.41 Å². The van der Waals surface area contributed by atoms with Gasteiger partial charge in [-0.2, -0.15) is 16.6 Å². The fourth-order valence-corrected chi connectivity index (χ4v) is 5.85. The average molecular weight is 563 g/mol. The second kappa shape index (κ2) is 12.0. The van der Waals surface area contributed by atoms with Crippen LogP contribution in [0.1, 0.15) is 31.6 Å². The first-order valence-corrected chi connectivity index (χ1v) is 13.1. The van der Waals surface area contributed by atoms with Crippen molar-refractivity contribution in [3.8, 4) is 11.8 Å². The van der Waals surface area contributed by atoms with Gasteiger partial charge in [-0.05, 0) is 72.2 Å². The number of piperazine rings is 1. The Kier molecular flexibility index (Phi) is 9.36. The van der Waals surface area contributed by atoms with Gasteiger partial charge in [0.05, 0.1) is 18.1 Å². The van der Waals surface area contributed by atoms with Crippen molar-refractivity contribution in [2.24, 2.45) is 5.92 Å². The largest absolute Gasteiger partial charge is 0.492 e. The van der Waals surface area contributed by atoms with Gasteiger partial charge in [-0.3, -0.25) is 4.90 Å². The van der Waals surface area contributed by atoms with Gasteiger partial charge >= 0.3 is 0 Å². The Morgan fingerprint density at radius 1 is 1.19 bits per heavy atom. The monoisotopic (exact) mass is 562 g/mol. The van der Waals surface area contributed by atoms with E-state index in [4.69, 9.17) is 11.3 Å². The summed E-state index contributed by atoms with van der Waals surface area (Å²) >= 11 is 3.78. The van der Waals surface area contributed by atoms with Crippen molar-refractivity contribution in [1.82, 2.24) is 9.80 Å². The maximum Gasteiger partial charge on any atom is 0.241 e. The van der Waals surface area contributed by atoms with Crippen LogP contribution in [0, 0.1) is 27.4 Å². The maximum absolute atomic E-state index is 10.1. The van der Waals surface area contributed by atoms with Crippen molar-refractivity contribution < 1.29 is 4.74 Å². The van der Waals surface area contributed by atoms with E-state index in [0.29, 0.717) is 11.6 Å². The van der Waals surface area contributed by atoms with Crippen LogP contribution in [0.4, 0.5) is 5.00 Å². The van der Waals surface area contributed by atoms with Gasteiger partial charge in [0, 0.05) is 41.2 Å². The molecule has 1 unspecified atom stereocenters. The molecule has 1 fully saturated rings. The van der Waals surface area contributed by atoms with Crippen molar-refractivity contribution >= 4 is 38.9 Å². The number of thiophene rings is 1. The van der Waals surface area contributed by atoms with Crippen molar-refractivity contribution in [2.45, 2.75) is 32.1 Å². The van der Waals surface area contributed by atoms with Crippen LogP contribution in [0.25, 0.3) is 4.85 Å². The molecular formula is C25H31IN4OS. The third-order valence-corrected chi connectivity index (χ3v) is 8.14. The molecule has 0 radical (unpaired) electrons. The Hall–Kier alpha value is -1.65. The van der Waals surface area contributed by atoms with E-state index in [9.17, 15) is 5.26 Å². The molecule has 170 valence electrons. The lowest BCUT2D eigenvalue weighted by Crippen LogP contribution is -2.47. The second-order valence-corrected chi connectivity index (χ2v) is 10.9. The van der Waals surface area contributed by atoms with E-state index in [1.165, 1.54) is 14.9 Å². The zero-order chi connectivity index (χ0) is 23.0. The highest BCUT2D eigenvalue weighted by molar-refractivity contribution is 14.1. The minimum absolute atomic E-state index is 0.217. The van der Waals surface area contributed by atoms with Crippen LogP contribution < -0.4 is 4.74 Å². The summed E-state index contributed by atoms with van der Waals surface area (Å²) in [6, 6.07) is 14.6. The summed E-state index contributed by atoms with van der Waals surface area (Å²) in [7, 11) is 0. The van der Waals surface area contributed by atoms with E-state index in [2.05, 4.69) is 69.3 Å². The summed E-state index contributed by atoms with van der Waals surface area (Å²) in [5.41, 5.74) is -0.498. The lowest BCUT2D eigenvalue weighted by Gasteiger charge is -2.36. The number of halogens is 1. The fraction of sp³-hybridized carbons (Fsp3) is 0.520. The molecule has 7 heteroatoms. The van der Waals surface area contributed by atoms with Gasteiger partial charge in [-0.15, -0.1) is 0 Å². The molecule has 1 aromatic carbocycles. The number of benzene rings is 1. The van der Waals surface area contributed by atoms with Gasteiger partial charge in [0.2, 0.25) is 5.00 Å². The summed E-state index contributed by atoms with van der Waals surface area (Å²) in [6.45, 7) is 18.4. The number of ether oxygens (including phenoxy) is 1. The zero-order valence-corrected chi connectivity index (χ0v) is 21.9. The van der Waals surface area contributed by atoms with E-state index < -0.39 is 5.41 Å². The molecule has 1 saturated heterocycles. The molecule has 1 aliphatic rings. The standard InChI is InChI=1S/C25H31IN4OS/c1-20(2)25(19-27,23-8-9-24(28-3)32-23)10-5-11-29-12-14-30(15-13-29)16-17-31-22-7-4-6-21(26)18-22/h4,6-9,18,20H,5,10-17H2,1-2H3. The van der Waals surface area contributed by atoms with Crippen LogP contribution in [0.2, 0.25) is 0 Å². The van der Waals surface area contributed by atoms with Gasteiger partial charge < -0.3 is 9.64 Å². The molecular weight excluding hydrogens is 531 g/mol. The number of nitriles is 1. The summed E-state index contributed by atoms with van der Waals surface area (Å²) in [5.74, 6) is 1.16. The normalized spacial score (nSPS) is 16.9. The van der Waals surface area contributed by atoms with Crippen molar-refractivity contribution in [3.05, 3.63) is 56.3 Å². The van der Waals surface area contributed by atoms with Crippen LogP contribution >= 0.6 is 33.9 Å². The first-order chi connectivity index (χ1) is 15.5. The smallest absolute Gasteiger partial charge is 0.241 e. The number of nitrogens with zero attached hydrogens (tertiary/aromatic N) is 4. The van der Waals surface area contributed by atoms with Crippen LogP contribution in [0.3, 0.4) is 0 Å². The van der Waals surface area contributed by atoms with Crippen molar-refractivity contribution in [2.75, 3.05) is 45.9 Å². The van der Waals surface area contributed by atoms with Gasteiger partial charge in [-0.25, -0.2) is 4.85 Å². The average Bonchev–Trinajstić information content (AvgIpc) is 3.27. The van der Waals surface area contributed by atoms with E-state index >= 15 is 0 Å². The van der Waals surface area contributed by atoms with E-state index in [1.807, 2.05) is 24.3 Å². The molecule has 2 heterocycles. The van der Waals surface area contributed by atoms with Gasteiger partial charge in [0.1, 0.15) is 12.4 Å². The molecule has 0 aliphatic carbocycles. The van der Waals surface area contributed by atoms with E-state index in [0.717, 1.165) is 62.7 Å². The number of hydrogen-bond acceptors (Lipinski definition) is 5. The molecule has 1 aromatic heterocycles. The Bertz CT molecular complexity index is 955. The molecule has 3 rings (SSSR count). The first kappa shape index (κ1) is 25.0. The van der Waals surface area contributed by atoms with Crippen LogP contribution in [0.15, 0.2) is 36.4 Å². The SMILES string of the molecule is [C-]#[N+]c1ccc(C(C#N)(CCCN2CCN(CCOc3cccc(I)c3)CC2)C(C)C)s1. The fourth-order valence-electron chi connectivity index (χ4n) is 4.23. The Balaban J connectivity index is 1.42. The van der Waals surface area contributed by atoms with Crippen molar-refractivity contribution in [1.29, 1.82) is 5.26 Å². The predicted octanol–water partition coefficient (Wildman–Crippen LogP) is 5.80. The van der Waals surface area contributed by atoms with E-state index in [-0.39, 0.29) is 5.92 Å². The Morgan fingerprint density at radius 2 is 1.91 bits per heavy atom. The summed E-state index contributed by atoms with van der Waals surface area (Å²) in [6.07, 6.45) is 1.83. The molecule has 0 spiro atoms. The zero-order valence-electron chi connectivity index (χ0n) is 18.9. The number of hydrogen-bond donors (Lipinski definition) is 0. The first-order valence-electron chi connectivity index (χ1n) is 11.2. The highest BCUT2D eigenvalue weighted by atomic mass is 127. The minimum atomic E-state index is -0.498. The van der Waals surface area contributed by atoms with Gasteiger partial charge in [0.25, 0.3) is 0 Å². The maximum atomic E-state index is 10.1. The molecule has 0 saturated carbocycles. The molecule has 2 aromatic rings. The molecule has 1 atom stereocenters.